The summed E-state index contributed by atoms with van der Waals surface area (Å²) in [6.07, 6.45) is 5.81. The zero-order valence-electron chi connectivity index (χ0n) is 14.1. The van der Waals surface area contributed by atoms with Gasteiger partial charge in [-0.15, -0.1) is 0 Å². The molecule has 0 radical (unpaired) electrons. The maximum atomic E-state index is 5.70. The first-order valence-electron chi connectivity index (χ1n) is 8.13. The number of aromatic nitrogens is 2. The monoisotopic (exact) mass is 291 g/mol. The molecule has 1 heterocycles. The van der Waals surface area contributed by atoms with Crippen LogP contribution in [-0.4, -0.2) is 23.6 Å². The molecule has 1 N–H and O–H groups in total. The van der Waals surface area contributed by atoms with E-state index in [9.17, 15) is 0 Å². The zero-order chi connectivity index (χ0) is 15.5. The Hall–Kier alpha value is -1.16. The fraction of sp³-hybridized carbons (Fsp3) is 0.765. The van der Waals surface area contributed by atoms with Crippen LogP contribution in [0, 0.1) is 5.41 Å². The second-order valence-electron chi connectivity index (χ2n) is 6.93. The molecule has 21 heavy (non-hydrogen) atoms. The Labute approximate surface area is 128 Å². The molecule has 4 nitrogen and oxygen atoms in total. The lowest BCUT2D eigenvalue weighted by Crippen LogP contribution is -2.24. The molecular weight excluding hydrogens is 262 g/mol. The van der Waals surface area contributed by atoms with Crippen LogP contribution in [0.4, 0.5) is 5.82 Å². The number of rotatable bonds is 4. The molecule has 0 saturated carbocycles. The van der Waals surface area contributed by atoms with Gasteiger partial charge >= 0.3 is 0 Å². The van der Waals surface area contributed by atoms with Gasteiger partial charge in [0.05, 0.1) is 0 Å². The van der Waals surface area contributed by atoms with Gasteiger partial charge in [0.25, 0.3) is 0 Å². The van der Waals surface area contributed by atoms with Crippen LogP contribution in [-0.2, 0) is 17.6 Å². The summed E-state index contributed by atoms with van der Waals surface area (Å²) in [6, 6.07) is 0. The summed E-state index contributed by atoms with van der Waals surface area (Å²) in [4.78, 5) is 9.69. The van der Waals surface area contributed by atoms with Crippen LogP contribution < -0.4 is 5.32 Å². The fourth-order valence-electron chi connectivity index (χ4n) is 3.07. The van der Waals surface area contributed by atoms with Crippen molar-refractivity contribution in [1.82, 2.24) is 9.97 Å². The maximum Gasteiger partial charge on any atom is 0.160 e. The van der Waals surface area contributed by atoms with Crippen molar-refractivity contribution >= 4 is 5.82 Å². The molecule has 0 amide bonds. The molecule has 1 aliphatic rings. The molecule has 1 unspecified atom stereocenters. The van der Waals surface area contributed by atoms with Crippen LogP contribution in [0.15, 0.2) is 0 Å². The van der Waals surface area contributed by atoms with Crippen molar-refractivity contribution in [1.29, 1.82) is 0 Å². The number of hydrogen-bond acceptors (Lipinski definition) is 4. The van der Waals surface area contributed by atoms with Gasteiger partial charge in [-0.05, 0) is 38.0 Å². The predicted molar refractivity (Wildman–Crippen MR) is 86.7 cm³/mol. The molecule has 1 aromatic rings. The first-order valence-corrected chi connectivity index (χ1v) is 8.13. The summed E-state index contributed by atoms with van der Waals surface area (Å²) in [5.74, 6) is 1.84. The minimum atomic E-state index is -0.0801. The smallest absolute Gasteiger partial charge is 0.160 e. The highest BCUT2D eigenvalue weighted by molar-refractivity contribution is 5.47. The van der Waals surface area contributed by atoms with E-state index < -0.39 is 0 Å². The topological polar surface area (TPSA) is 47.0 Å². The summed E-state index contributed by atoms with van der Waals surface area (Å²) in [5.41, 5.74) is 2.53. The van der Waals surface area contributed by atoms with Crippen LogP contribution in [0.5, 0.6) is 0 Å². The molecule has 0 aliphatic heterocycles. The predicted octanol–water partition coefficient (Wildman–Crippen LogP) is 3.91. The number of anilines is 1. The number of methoxy groups -OCH3 is 1. The van der Waals surface area contributed by atoms with Gasteiger partial charge in [0, 0.05) is 24.9 Å². The van der Waals surface area contributed by atoms with E-state index in [0.717, 1.165) is 31.0 Å². The number of nitrogens with one attached hydrogen (secondary N) is 1. The zero-order valence-corrected chi connectivity index (χ0v) is 14.1. The first kappa shape index (κ1) is 16.2. The van der Waals surface area contributed by atoms with Crippen molar-refractivity contribution in [2.24, 2.45) is 5.41 Å². The Balaban J connectivity index is 2.47. The van der Waals surface area contributed by atoms with Crippen LogP contribution in [0.1, 0.15) is 70.1 Å². The van der Waals surface area contributed by atoms with Gasteiger partial charge in [0.15, 0.2) is 5.82 Å². The molecule has 2 rings (SSSR count). The average Bonchev–Trinajstić information content (AvgIpc) is 2.63. The van der Waals surface area contributed by atoms with Gasteiger partial charge in [-0.2, -0.15) is 0 Å². The van der Waals surface area contributed by atoms with Crippen LogP contribution >= 0.6 is 0 Å². The van der Waals surface area contributed by atoms with Crippen molar-refractivity contribution in [3.63, 3.8) is 0 Å². The van der Waals surface area contributed by atoms with Gasteiger partial charge in [0.1, 0.15) is 11.9 Å². The van der Waals surface area contributed by atoms with Gasteiger partial charge in [-0.25, -0.2) is 9.97 Å². The van der Waals surface area contributed by atoms with Crippen molar-refractivity contribution in [2.75, 3.05) is 19.0 Å². The third-order valence-electron chi connectivity index (χ3n) is 4.05. The van der Waals surface area contributed by atoms with E-state index in [0.29, 0.717) is 0 Å². The van der Waals surface area contributed by atoms with E-state index in [1.54, 1.807) is 7.11 Å². The Morgan fingerprint density at radius 1 is 1.14 bits per heavy atom. The summed E-state index contributed by atoms with van der Waals surface area (Å²) in [6.45, 7) is 9.51. The second kappa shape index (κ2) is 6.73. The average molecular weight is 291 g/mol. The van der Waals surface area contributed by atoms with E-state index in [4.69, 9.17) is 14.7 Å². The highest BCUT2D eigenvalue weighted by atomic mass is 16.5. The largest absolute Gasteiger partial charge is 0.373 e. The number of hydrogen-bond donors (Lipinski definition) is 1. The standard InChI is InChI=1S/C17H29N3O/c1-6-18-15-12-10-8-7-9-11-13(12)19-16(20-15)14(21-5)17(2,3)4/h14H,6-11H2,1-5H3,(H,18,19,20). The lowest BCUT2D eigenvalue weighted by atomic mass is 9.88. The van der Waals surface area contributed by atoms with Crippen molar-refractivity contribution in [3.05, 3.63) is 17.1 Å². The van der Waals surface area contributed by atoms with Gasteiger partial charge < -0.3 is 10.1 Å². The molecular formula is C17H29N3O. The van der Waals surface area contributed by atoms with Crippen LogP contribution in [0.2, 0.25) is 0 Å². The fourth-order valence-corrected chi connectivity index (χ4v) is 3.07. The van der Waals surface area contributed by atoms with Crippen molar-refractivity contribution < 1.29 is 4.74 Å². The molecule has 0 aromatic carbocycles. The molecule has 1 aliphatic carbocycles. The highest BCUT2D eigenvalue weighted by Gasteiger charge is 2.30. The lowest BCUT2D eigenvalue weighted by Gasteiger charge is -2.29. The second-order valence-corrected chi connectivity index (χ2v) is 6.93. The Morgan fingerprint density at radius 3 is 2.48 bits per heavy atom. The summed E-state index contributed by atoms with van der Waals surface area (Å²) in [7, 11) is 1.75. The molecule has 0 saturated heterocycles. The van der Waals surface area contributed by atoms with E-state index in [1.165, 1.54) is 30.5 Å². The molecule has 4 heteroatoms. The van der Waals surface area contributed by atoms with Gasteiger partial charge in [0.2, 0.25) is 0 Å². The van der Waals surface area contributed by atoms with Crippen molar-refractivity contribution in [3.8, 4) is 0 Å². The normalized spacial score (nSPS) is 17.0. The van der Waals surface area contributed by atoms with E-state index >= 15 is 0 Å². The van der Waals surface area contributed by atoms with Gasteiger partial charge in [-0.3, -0.25) is 0 Å². The molecule has 1 atom stereocenters. The Bertz CT molecular complexity index is 480. The Kier molecular flexibility index (Phi) is 5.20. The first-order chi connectivity index (χ1) is 9.97. The SMILES string of the molecule is CCNc1nc(C(OC)C(C)(C)C)nc2c1CCCCC2. The lowest BCUT2D eigenvalue weighted by molar-refractivity contribution is 0.00858. The highest BCUT2D eigenvalue weighted by Crippen LogP contribution is 2.35. The van der Waals surface area contributed by atoms with E-state index in [2.05, 4.69) is 33.0 Å². The van der Waals surface area contributed by atoms with Crippen LogP contribution in [0.25, 0.3) is 0 Å². The summed E-state index contributed by atoms with van der Waals surface area (Å²) >= 11 is 0. The van der Waals surface area contributed by atoms with E-state index in [-0.39, 0.29) is 11.5 Å². The molecule has 0 spiro atoms. The minimum absolute atomic E-state index is 0.0167. The number of aryl methyl sites for hydroxylation is 1. The minimum Gasteiger partial charge on any atom is -0.373 e. The number of fused-ring (bicyclic) bond motifs is 1. The molecule has 0 bridgehead atoms. The maximum absolute atomic E-state index is 5.70. The molecule has 1 aromatic heterocycles. The van der Waals surface area contributed by atoms with E-state index in [1.807, 2.05) is 0 Å². The molecule has 0 fully saturated rings. The van der Waals surface area contributed by atoms with Crippen molar-refractivity contribution in [2.45, 2.75) is 65.9 Å². The molecule has 118 valence electrons. The van der Waals surface area contributed by atoms with Crippen LogP contribution in [0.3, 0.4) is 0 Å². The summed E-state index contributed by atoms with van der Waals surface area (Å²) in [5, 5.41) is 3.43. The Morgan fingerprint density at radius 2 is 1.86 bits per heavy atom. The third kappa shape index (κ3) is 3.73. The van der Waals surface area contributed by atoms with Gasteiger partial charge in [-0.1, -0.05) is 27.2 Å². The third-order valence-corrected chi connectivity index (χ3v) is 4.05. The number of nitrogens with zero attached hydrogens (tertiary/aromatic N) is 2. The number of ether oxygens (including phenoxy) is 1. The summed E-state index contributed by atoms with van der Waals surface area (Å²) < 4.78 is 5.70. The quantitative estimate of drug-likeness (QED) is 0.854.